The van der Waals surface area contributed by atoms with Gasteiger partial charge in [-0.1, -0.05) is 75.2 Å². The van der Waals surface area contributed by atoms with Crippen LogP contribution in [-0.4, -0.2) is 170 Å². The number of hydrogen-bond acceptors (Lipinski definition) is 14. The largest absolute Gasteiger partial charge is 0.494 e. The maximum absolute atomic E-state index is 14.1. The Morgan fingerprint density at radius 3 is 1.84 bits per heavy atom. The van der Waals surface area contributed by atoms with Gasteiger partial charge in [0.1, 0.15) is 42.1 Å². The molecule has 2 aliphatic heterocycles. The third kappa shape index (κ3) is 13.6. The summed E-state index contributed by atoms with van der Waals surface area (Å²) in [6.07, 6.45) is -7.26. The number of likely N-dealkylation sites (tertiary alicyclic amines) is 2. The molecule has 0 saturated carbocycles. The Balaban J connectivity index is 1.33. The summed E-state index contributed by atoms with van der Waals surface area (Å²) >= 11 is 0. The van der Waals surface area contributed by atoms with Gasteiger partial charge < -0.3 is 72.2 Å². The molecule has 0 bridgehead atoms. The predicted octanol–water partition coefficient (Wildman–Crippen LogP) is -0.637. The number of β-amino-alcohol motifs (C(OH)–C–C–N with tert-alkyl or cyclic N) is 1. The lowest BCUT2D eigenvalue weighted by atomic mass is 9.99. The monoisotopic (exact) mass is 961 g/mol. The summed E-state index contributed by atoms with van der Waals surface area (Å²) in [7, 11) is 1.34. The quantitative estimate of drug-likeness (QED) is 0.0468. The molecular formula is C49H67N7O13. The van der Waals surface area contributed by atoms with Crippen LogP contribution >= 0.6 is 0 Å². The molecule has 12 atom stereocenters. The first kappa shape index (κ1) is 53.9. The summed E-state index contributed by atoms with van der Waals surface area (Å²) in [5, 5.41) is 73.6. The van der Waals surface area contributed by atoms with E-state index in [1.807, 2.05) is 48.5 Å². The number of carbonyl (C=O) groups excluding carboxylic acids is 6. The molecule has 12 N–H and O–H groups in total. The van der Waals surface area contributed by atoms with E-state index in [2.05, 4.69) is 28.2 Å². The van der Waals surface area contributed by atoms with Crippen molar-refractivity contribution in [3.63, 3.8) is 0 Å². The number of aliphatic hydroxyl groups excluding tert-OH is 6. The average Bonchev–Trinajstić information content (AvgIpc) is 3.88. The van der Waals surface area contributed by atoms with Crippen molar-refractivity contribution in [1.29, 1.82) is 0 Å². The predicted molar refractivity (Wildman–Crippen MR) is 252 cm³/mol. The number of nitrogens with zero attached hydrogens (tertiary/aromatic N) is 2. The lowest BCUT2D eigenvalue weighted by Gasteiger charge is -2.32. The molecule has 5 rings (SSSR count). The Bertz CT molecular complexity index is 2230. The van der Waals surface area contributed by atoms with E-state index in [0.29, 0.717) is 6.61 Å². The molecule has 376 valence electrons. The SMILES string of the molecule is CCCCCOc1ccc(-c2ccc(-c3ccc(C(=O)N[C@@H](C[C@@H](O)[C@@H](O)NC(=O)[C@@H]4[C@@H](O)[C@@H](C)CN4C(=O)[C@@H](N)[C@@H](C)O)C(=O)N[C@H](C(=O)N4C[C@H](O)C[C@H]4C(=O)NC)[C@@H](C)O)cc3)cc2)cc1. The van der Waals surface area contributed by atoms with Gasteiger partial charge in [0.2, 0.25) is 29.5 Å². The van der Waals surface area contributed by atoms with E-state index in [0.717, 1.165) is 57.1 Å². The first-order valence-electron chi connectivity index (χ1n) is 23.3. The standard InChI is InChI=1S/C49H67N7O13/c1-6-7-8-21-69-35-19-17-32(18-20-35)30-11-9-29(10-12-30)31-13-15-33(16-14-31)43(62)52-36(44(63)53-40(28(4)58)49(68)55-25-34(59)22-37(55)45(64)51-5)23-38(60)46(65)54-47(66)41-42(61)26(2)24-56(41)48(67)39(50)27(3)57/h9-20,26-28,34,36-42,46,57-61,65H,6-8,21-25,50H2,1-5H3,(H,51,64)(H,52,62)(H,53,63)(H,54,66)/t26-,27+,28+,34+,36-,37-,38+,39-,40-,41-,42-,46+/m0/s1. The molecule has 2 fully saturated rings. The number of hydrogen-bond donors (Lipinski definition) is 11. The van der Waals surface area contributed by atoms with E-state index in [4.69, 9.17) is 10.5 Å². The Labute approximate surface area is 401 Å². The van der Waals surface area contributed by atoms with Crippen LogP contribution in [0.2, 0.25) is 0 Å². The molecule has 2 aliphatic rings. The van der Waals surface area contributed by atoms with Gasteiger partial charge in [-0.15, -0.1) is 0 Å². The van der Waals surface area contributed by atoms with Crippen molar-refractivity contribution in [1.82, 2.24) is 31.1 Å². The van der Waals surface area contributed by atoms with Crippen LogP contribution in [0.15, 0.2) is 72.8 Å². The fourth-order valence-corrected chi connectivity index (χ4v) is 8.37. The number of aliphatic hydroxyl groups is 6. The van der Waals surface area contributed by atoms with Gasteiger partial charge in [-0.2, -0.15) is 0 Å². The number of amides is 6. The molecule has 2 heterocycles. The summed E-state index contributed by atoms with van der Waals surface area (Å²) in [5.74, 6) is -5.23. The van der Waals surface area contributed by atoms with Gasteiger partial charge >= 0.3 is 0 Å². The number of carbonyl (C=O) groups is 6. The normalized spacial score (nSPS) is 22.1. The van der Waals surface area contributed by atoms with Crippen LogP contribution in [0, 0.1) is 5.92 Å². The fourth-order valence-electron chi connectivity index (χ4n) is 8.37. The zero-order chi connectivity index (χ0) is 50.7. The average molecular weight is 962 g/mol. The summed E-state index contributed by atoms with van der Waals surface area (Å²) < 4.78 is 5.83. The van der Waals surface area contributed by atoms with Crippen LogP contribution < -0.4 is 31.7 Å². The van der Waals surface area contributed by atoms with E-state index >= 15 is 0 Å². The lowest BCUT2D eigenvalue weighted by molar-refractivity contribution is -0.145. The zero-order valence-electron chi connectivity index (χ0n) is 39.5. The van der Waals surface area contributed by atoms with E-state index in [-0.39, 0.29) is 25.1 Å². The van der Waals surface area contributed by atoms with E-state index < -0.39 is 115 Å². The number of benzene rings is 3. The molecule has 0 unspecified atom stereocenters. The summed E-state index contributed by atoms with van der Waals surface area (Å²) in [6.45, 7) is 6.44. The highest BCUT2D eigenvalue weighted by molar-refractivity contribution is 5.99. The van der Waals surface area contributed by atoms with Crippen molar-refractivity contribution in [2.24, 2.45) is 11.7 Å². The van der Waals surface area contributed by atoms with Crippen molar-refractivity contribution >= 4 is 35.4 Å². The summed E-state index contributed by atoms with van der Waals surface area (Å²) in [6, 6.07) is 14.4. The molecular weight excluding hydrogens is 895 g/mol. The molecule has 0 aliphatic carbocycles. The molecule has 3 aromatic rings. The molecule has 20 nitrogen and oxygen atoms in total. The second-order valence-corrected chi connectivity index (χ2v) is 17.9. The van der Waals surface area contributed by atoms with Crippen LogP contribution in [0.5, 0.6) is 5.75 Å². The molecule has 3 aromatic carbocycles. The highest BCUT2D eigenvalue weighted by atomic mass is 16.5. The summed E-state index contributed by atoms with van der Waals surface area (Å²) in [5.41, 5.74) is 9.48. The van der Waals surface area contributed by atoms with E-state index in [1.54, 1.807) is 19.1 Å². The van der Waals surface area contributed by atoms with Crippen molar-refractivity contribution in [2.75, 3.05) is 26.7 Å². The Morgan fingerprint density at radius 1 is 0.739 bits per heavy atom. The van der Waals surface area contributed by atoms with Gasteiger partial charge in [-0.3, -0.25) is 28.8 Å². The van der Waals surface area contributed by atoms with Gasteiger partial charge in [-0.05, 0) is 66.8 Å². The van der Waals surface area contributed by atoms with Gasteiger partial charge in [0.15, 0.2) is 6.23 Å². The smallest absolute Gasteiger partial charge is 0.251 e. The van der Waals surface area contributed by atoms with Gasteiger partial charge in [-0.25, -0.2) is 0 Å². The highest BCUT2D eigenvalue weighted by Crippen LogP contribution is 2.28. The first-order valence-corrected chi connectivity index (χ1v) is 23.3. The first-order chi connectivity index (χ1) is 32.7. The van der Waals surface area contributed by atoms with Crippen molar-refractivity contribution in [3.05, 3.63) is 78.4 Å². The Kier molecular flexibility index (Phi) is 19.2. The second kappa shape index (κ2) is 24.5. The molecule has 69 heavy (non-hydrogen) atoms. The minimum absolute atomic E-state index is 0.0700. The fraction of sp³-hybridized carbons (Fsp3) is 0.510. The van der Waals surface area contributed by atoms with Crippen LogP contribution in [0.1, 0.15) is 70.2 Å². The maximum atomic E-state index is 14.1. The zero-order valence-corrected chi connectivity index (χ0v) is 39.5. The molecule has 0 aromatic heterocycles. The van der Waals surface area contributed by atoms with Crippen LogP contribution in [0.4, 0.5) is 0 Å². The summed E-state index contributed by atoms with van der Waals surface area (Å²) in [4.78, 5) is 82.9. The van der Waals surface area contributed by atoms with Crippen molar-refractivity contribution < 1.29 is 64.1 Å². The van der Waals surface area contributed by atoms with Crippen LogP contribution in [-0.2, 0) is 24.0 Å². The van der Waals surface area contributed by atoms with Gasteiger partial charge in [0, 0.05) is 44.5 Å². The third-order valence-corrected chi connectivity index (χ3v) is 12.6. The number of likely N-dealkylation sites (N-methyl/N-ethyl adjacent to an activating group) is 1. The number of ether oxygens (including phenoxy) is 1. The van der Waals surface area contributed by atoms with Crippen LogP contribution in [0.3, 0.4) is 0 Å². The molecule has 20 heteroatoms. The number of unbranched alkanes of at least 4 members (excludes halogenated alkanes) is 2. The number of rotatable bonds is 21. The molecule has 6 amide bonds. The second-order valence-electron chi connectivity index (χ2n) is 17.9. The maximum Gasteiger partial charge on any atom is 0.251 e. The lowest BCUT2D eigenvalue weighted by Crippen LogP contribution is -2.61. The molecule has 0 spiro atoms. The molecule has 0 radical (unpaired) electrons. The molecule has 2 saturated heterocycles. The minimum atomic E-state index is -2.16. The highest BCUT2D eigenvalue weighted by Gasteiger charge is 2.48. The van der Waals surface area contributed by atoms with Crippen molar-refractivity contribution in [3.8, 4) is 28.0 Å². The third-order valence-electron chi connectivity index (χ3n) is 12.6. The van der Waals surface area contributed by atoms with E-state index in [9.17, 15) is 59.4 Å². The number of nitrogens with one attached hydrogen (secondary N) is 4. The minimum Gasteiger partial charge on any atom is -0.494 e. The Morgan fingerprint density at radius 2 is 1.30 bits per heavy atom. The van der Waals surface area contributed by atoms with Gasteiger partial charge in [0.05, 0.1) is 31.0 Å². The topological polar surface area (TPSA) is 314 Å². The van der Waals surface area contributed by atoms with Crippen LogP contribution in [0.25, 0.3) is 22.3 Å². The van der Waals surface area contributed by atoms with Gasteiger partial charge in [0.25, 0.3) is 5.91 Å². The Hall–Kier alpha value is -6.00. The van der Waals surface area contributed by atoms with E-state index in [1.165, 1.54) is 33.0 Å². The number of nitrogens with two attached hydrogens (primary N) is 1. The van der Waals surface area contributed by atoms with Crippen molar-refractivity contribution in [2.45, 2.75) is 127 Å².